The van der Waals surface area contributed by atoms with Gasteiger partial charge in [-0.25, -0.2) is 0 Å². The van der Waals surface area contributed by atoms with Crippen LogP contribution in [0.15, 0.2) is 46.3 Å². The summed E-state index contributed by atoms with van der Waals surface area (Å²) in [5.41, 5.74) is 0. The lowest BCUT2D eigenvalue weighted by molar-refractivity contribution is 0.735. The number of rotatable bonds is 2. The van der Waals surface area contributed by atoms with Crippen molar-refractivity contribution in [3.05, 3.63) is 46.3 Å². The highest BCUT2D eigenvalue weighted by Gasteiger charge is 2.07. The van der Waals surface area contributed by atoms with Gasteiger partial charge < -0.3 is 0 Å². The predicted octanol–water partition coefficient (Wildman–Crippen LogP) is 6.49. The highest BCUT2D eigenvalue weighted by molar-refractivity contribution is 8.06. The molecule has 0 saturated carbocycles. The molecule has 0 amide bonds. The molecule has 2 rings (SSSR count). The maximum absolute atomic E-state index is 2.36. The van der Waals surface area contributed by atoms with Crippen LogP contribution in [0.25, 0.3) is 0 Å². The Balaban J connectivity index is 0.000000659. The third-order valence-corrected chi connectivity index (χ3v) is 3.65. The molecule has 2 aliphatic rings. The third kappa shape index (κ3) is 6.90. The van der Waals surface area contributed by atoms with Gasteiger partial charge in [0.15, 0.2) is 0 Å². The van der Waals surface area contributed by atoms with Crippen molar-refractivity contribution in [2.45, 2.75) is 53.9 Å². The standard InChI is InChI=1S/C13H16S.2C2H6/c1-11-7-9-13(10-8-11)14-12-5-3-2-4-6-12;2*1-2/h2-3,5,7,9-11H,4,6,8H2,1H3;2*1-2H3. The van der Waals surface area contributed by atoms with Crippen LogP contribution in [0, 0.1) is 5.92 Å². The van der Waals surface area contributed by atoms with Gasteiger partial charge in [0.1, 0.15) is 0 Å². The topological polar surface area (TPSA) is 0 Å². The smallest absolute Gasteiger partial charge is 0.00758 e. The molecule has 0 saturated heterocycles. The molecule has 18 heavy (non-hydrogen) atoms. The fourth-order valence-corrected chi connectivity index (χ4v) is 2.60. The average Bonchev–Trinajstić information content (AvgIpc) is 2.47. The Hall–Kier alpha value is -0.690. The highest BCUT2D eigenvalue weighted by atomic mass is 32.2. The van der Waals surface area contributed by atoms with E-state index in [9.17, 15) is 0 Å². The number of hydrogen-bond acceptors (Lipinski definition) is 1. The first kappa shape index (κ1) is 17.3. The van der Waals surface area contributed by atoms with Crippen molar-refractivity contribution in [3.63, 3.8) is 0 Å². The van der Waals surface area contributed by atoms with Crippen LogP contribution in [0.2, 0.25) is 0 Å². The lowest BCUT2D eigenvalue weighted by Gasteiger charge is -2.13. The summed E-state index contributed by atoms with van der Waals surface area (Å²) in [6.07, 6.45) is 17.2. The summed E-state index contributed by atoms with van der Waals surface area (Å²) < 4.78 is 0. The van der Waals surface area contributed by atoms with E-state index in [4.69, 9.17) is 0 Å². The molecule has 0 bridgehead atoms. The summed E-state index contributed by atoms with van der Waals surface area (Å²) in [4.78, 5) is 2.92. The van der Waals surface area contributed by atoms with E-state index in [-0.39, 0.29) is 0 Å². The number of thioether (sulfide) groups is 1. The predicted molar refractivity (Wildman–Crippen MR) is 87.7 cm³/mol. The summed E-state index contributed by atoms with van der Waals surface area (Å²) in [6, 6.07) is 0. The second-order valence-electron chi connectivity index (χ2n) is 3.88. The monoisotopic (exact) mass is 264 g/mol. The Morgan fingerprint density at radius 1 is 1.17 bits per heavy atom. The molecule has 0 nitrogen and oxygen atoms in total. The first-order chi connectivity index (χ1) is 8.84. The van der Waals surface area contributed by atoms with E-state index in [1.54, 1.807) is 0 Å². The molecule has 102 valence electrons. The fraction of sp³-hybridized carbons (Fsp3) is 0.529. The second kappa shape index (κ2) is 11.4. The molecule has 1 atom stereocenters. The van der Waals surface area contributed by atoms with Crippen molar-refractivity contribution in [3.8, 4) is 0 Å². The molecule has 0 spiro atoms. The van der Waals surface area contributed by atoms with E-state index in [0.29, 0.717) is 0 Å². The maximum Gasteiger partial charge on any atom is 0.00758 e. The number of hydrogen-bond donors (Lipinski definition) is 0. The van der Waals surface area contributed by atoms with Crippen molar-refractivity contribution in [2.24, 2.45) is 5.92 Å². The van der Waals surface area contributed by atoms with Crippen LogP contribution >= 0.6 is 11.8 Å². The zero-order valence-electron chi connectivity index (χ0n) is 12.6. The van der Waals surface area contributed by atoms with Crippen LogP contribution < -0.4 is 0 Å². The van der Waals surface area contributed by atoms with Gasteiger partial charge in [0.05, 0.1) is 0 Å². The summed E-state index contributed by atoms with van der Waals surface area (Å²) in [5.74, 6) is 0.722. The zero-order chi connectivity index (χ0) is 13.8. The van der Waals surface area contributed by atoms with Crippen molar-refractivity contribution >= 4 is 11.8 Å². The molecule has 0 N–H and O–H groups in total. The SMILES string of the molecule is CC.CC.CC1C=CC(SC2=CC=CCC2)=CC1. The van der Waals surface area contributed by atoms with Crippen LogP contribution in [0.3, 0.4) is 0 Å². The van der Waals surface area contributed by atoms with Crippen molar-refractivity contribution in [2.75, 3.05) is 0 Å². The molecule has 0 fully saturated rings. The van der Waals surface area contributed by atoms with Crippen LogP contribution in [-0.2, 0) is 0 Å². The molecule has 0 aromatic rings. The highest BCUT2D eigenvalue weighted by Crippen LogP contribution is 2.34. The minimum Gasteiger partial charge on any atom is -0.0949 e. The van der Waals surface area contributed by atoms with Crippen molar-refractivity contribution < 1.29 is 0 Å². The Morgan fingerprint density at radius 3 is 2.39 bits per heavy atom. The summed E-state index contributed by atoms with van der Waals surface area (Å²) >= 11 is 1.93. The first-order valence-corrected chi connectivity index (χ1v) is 8.08. The van der Waals surface area contributed by atoms with E-state index >= 15 is 0 Å². The molecule has 0 radical (unpaired) electrons. The van der Waals surface area contributed by atoms with Gasteiger partial charge in [-0.3, -0.25) is 0 Å². The number of allylic oxidation sites excluding steroid dienone is 7. The fourth-order valence-electron chi connectivity index (χ4n) is 1.60. The molecular formula is C17H28S. The minimum absolute atomic E-state index is 0.722. The van der Waals surface area contributed by atoms with Gasteiger partial charge in [-0.2, -0.15) is 0 Å². The van der Waals surface area contributed by atoms with Gasteiger partial charge in [-0.15, -0.1) is 0 Å². The molecule has 0 aromatic carbocycles. The maximum atomic E-state index is 2.36. The van der Waals surface area contributed by atoms with Crippen LogP contribution in [0.1, 0.15) is 53.9 Å². The molecule has 0 heterocycles. The summed E-state index contributed by atoms with van der Waals surface area (Å²) in [5, 5.41) is 0. The van der Waals surface area contributed by atoms with E-state index in [2.05, 4.69) is 43.4 Å². The Morgan fingerprint density at radius 2 is 1.89 bits per heavy atom. The molecule has 2 aliphatic carbocycles. The summed E-state index contributed by atoms with van der Waals surface area (Å²) in [7, 11) is 0. The van der Waals surface area contributed by atoms with Crippen molar-refractivity contribution in [1.29, 1.82) is 0 Å². The lowest BCUT2D eigenvalue weighted by atomic mass is 10.0. The van der Waals surface area contributed by atoms with Crippen LogP contribution in [0.4, 0.5) is 0 Å². The van der Waals surface area contributed by atoms with E-state index in [1.807, 2.05) is 39.5 Å². The largest absolute Gasteiger partial charge is 0.0949 e. The van der Waals surface area contributed by atoms with E-state index < -0.39 is 0 Å². The Labute approximate surface area is 118 Å². The van der Waals surface area contributed by atoms with Gasteiger partial charge >= 0.3 is 0 Å². The van der Waals surface area contributed by atoms with Crippen LogP contribution in [-0.4, -0.2) is 0 Å². The molecule has 0 aliphatic heterocycles. The van der Waals surface area contributed by atoms with Gasteiger partial charge in [-0.05, 0) is 30.1 Å². The van der Waals surface area contributed by atoms with Gasteiger partial charge in [0.2, 0.25) is 0 Å². The Kier molecular flexibility index (Phi) is 11.0. The van der Waals surface area contributed by atoms with Gasteiger partial charge in [0.25, 0.3) is 0 Å². The van der Waals surface area contributed by atoms with Crippen molar-refractivity contribution in [1.82, 2.24) is 0 Å². The third-order valence-electron chi connectivity index (χ3n) is 2.50. The minimum atomic E-state index is 0.722. The van der Waals surface area contributed by atoms with Gasteiger partial charge in [-0.1, -0.05) is 82.8 Å². The molecule has 1 heteroatoms. The Bertz CT molecular complexity index is 319. The molecule has 1 unspecified atom stereocenters. The van der Waals surface area contributed by atoms with Crippen LogP contribution in [0.5, 0.6) is 0 Å². The second-order valence-corrected chi connectivity index (χ2v) is 5.08. The molecule has 0 aromatic heterocycles. The average molecular weight is 264 g/mol. The first-order valence-electron chi connectivity index (χ1n) is 7.26. The quantitative estimate of drug-likeness (QED) is 0.549. The normalized spacial score (nSPS) is 20.8. The van der Waals surface area contributed by atoms with E-state index in [0.717, 1.165) is 5.92 Å². The van der Waals surface area contributed by atoms with E-state index in [1.165, 1.54) is 29.1 Å². The summed E-state index contributed by atoms with van der Waals surface area (Å²) in [6.45, 7) is 10.3. The molecular weight excluding hydrogens is 236 g/mol. The lowest BCUT2D eigenvalue weighted by Crippen LogP contribution is -1.93. The zero-order valence-corrected chi connectivity index (χ0v) is 13.4. The van der Waals surface area contributed by atoms with Gasteiger partial charge in [0, 0.05) is 4.91 Å².